The van der Waals surface area contributed by atoms with Gasteiger partial charge in [0, 0.05) is 17.8 Å². The van der Waals surface area contributed by atoms with Gasteiger partial charge in [0.05, 0.1) is 25.9 Å². The summed E-state index contributed by atoms with van der Waals surface area (Å²) in [6, 6.07) is 4.97. The number of fused-ring (bicyclic) bond motifs is 1. The van der Waals surface area contributed by atoms with Crippen molar-refractivity contribution in [2.24, 2.45) is 0 Å². The first-order valence-electron chi connectivity index (χ1n) is 8.12. The molecule has 21 heavy (non-hydrogen) atoms. The van der Waals surface area contributed by atoms with Crippen molar-refractivity contribution in [1.82, 2.24) is 0 Å². The van der Waals surface area contributed by atoms with Crippen molar-refractivity contribution in [2.75, 3.05) is 24.7 Å². The number of anilines is 1. The number of benzene rings is 1. The van der Waals surface area contributed by atoms with Crippen LogP contribution >= 0.6 is 0 Å². The minimum Gasteiger partial charge on any atom is -0.394 e. The Bertz CT molecular complexity index is 519. The fourth-order valence-electron chi connectivity index (χ4n) is 3.49. The van der Waals surface area contributed by atoms with Crippen LogP contribution < -0.4 is 4.90 Å². The molecule has 1 saturated heterocycles. The summed E-state index contributed by atoms with van der Waals surface area (Å²) in [7, 11) is 0. The van der Waals surface area contributed by atoms with Crippen LogP contribution in [0.2, 0.25) is 0 Å². The minimum absolute atomic E-state index is 0.149. The molecule has 0 saturated carbocycles. The lowest BCUT2D eigenvalue weighted by Gasteiger charge is -2.33. The molecule has 0 bridgehead atoms. The lowest BCUT2D eigenvalue weighted by molar-refractivity contribution is 0.111. The molecule has 3 nitrogen and oxygen atoms in total. The fraction of sp³-hybridized carbons (Fsp3) is 0.667. The van der Waals surface area contributed by atoms with Gasteiger partial charge in [0.25, 0.3) is 0 Å². The molecule has 1 N–H and O–H groups in total. The van der Waals surface area contributed by atoms with E-state index in [1.807, 2.05) is 0 Å². The van der Waals surface area contributed by atoms with Crippen LogP contribution in [0, 0.1) is 0 Å². The lowest BCUT2D eigenvalue weighted by atomic mass is 9.83. The zero-order valence-electron chi connectivity index (χ0n) is 13.5. The number of hydrogen-bond donors (Lipinski definition) is 1. The van der Waals surface area contributed by atoms with Gasteiger partial charge in [0.1, 0.15) is 0 Å². The Labute approximate surface area is 127 Å². The molecule has 0 radical (unpaired) electrons. The summed E-state index contributed by atoms with van der Waals surface area (Å²) in [5.74, 6) is 0. The van der Waals surface area contributed by atoms with Crippen LogP contribution in [0.3, 0.4) is 0 Å². The highest BCUT2D eigenvalue weighted by atomic mass is 16.5. The van der Waals surface area contributed by atoms with Crippen molar-refractivity contribution in [1.29, 1.82) is 0 Å². The average molecular weight is 289 g/mol. The summed E-state index contributed by atoms with van der Waals surface area (Å²) >= 11 is 0. The second-order valence-corrected chi connectivity index (χ2v) is 7.36. The molecule has 0 spiro atoms. The van der Waals surface area contributed by atoms with Crippen LogP contribution in [0.15, 0.2) is 12.1 Å². The predicted octanol–water partition coefficient (Wildman–Crippen LogP) is 3.02. The van der Waals surface area contributed by atoms with Gasteiger partial charge in [0.2, 0.25) is 0 Å². The van der Waals surface area contributed by atoms with Gasteiger partial charge in [-0.2, -0.15) is 0 Å². The van der Waals surface area contributed by atoms with E-state index in [2.05, 4.69) is 37.8 Å². The maximum absolute atomic E-state index is 9.66. The summed E-state index contributed by atoms with van der Waals surface area (Å²) < 4.78 is 5.70. The molecule has 2 heterocycles. The zero-order valence-corrected chi connectivity index (χ0v) is 13.5. The van der Waals surface area contributed by atoms with Crippen LogP contribution in [0.25, 0.3) is 0 Å². The monoisotopic (exact) mass is 289 g/mol. The smallest absolute Gasteiger partial charge is 0.0739 e. The summed E-state index contributed by atoms with van der Waals surface area (Å²) in [4.78, 5) is 2.41. The molecule has 0 aliphatic carbocycles. The summed E-state index contributed by atoms with van der Waals surface area (Å²) in [6.45, 7) is 9.63. The van der Waals surface area contributed by atoms with Gasteiger partial charge in [-0.15, -0.1) is 0 Å². The fourth-order valence-corrected chi connectivity index (χ4v) is 3.49. The number of hydrogen-bond acceptors (Lipinski definition) is 3. The first-order valence-corrected chi connectivity index (χ1v) is 8.12. The molecule has 3 heteroatoms. The second-order valence-electron chi connectivity index (χ2n) is 7.36. The number of nitrogens with zero attached hydrogens (tertiary/aromatic N) is 1. The van der Waals surface area contributed by atoms with Crippen molar-refractivity contribution < 1.29 is 9.84 Å². The lowest BCUT2D eigenvalue weighted by Crippen LogP contribution is -2.34. The predicted molar refractivity (Wildman–Crippen MR) is 86.0 cm³/mol. The van der Waals surface area contributed by atoms with Crippen LogP contribution in [0.1, 0.15) is 50.3 Å². The Kier molecular flexibility index (Phi) is 3.98. The first kappa shape index (κ1) is 14.9. The highest BCUT2D eigenvalue weighted by molar-refractivity contribution is 5.61. The first-order chi connectivity index (χ1) is 10.0. The van der Waals surface area contributed by atoms with E-state index in [0.717, 1.165) is 26.0 Å². The normalized spacial score (nSPS) is 22.5. The summed E-state index contributed by atoms with van der Waals surface area (Å²) in [5.41, 5.74) is 5.62. The highest BCUT2D eigenvalue weighted by Gasteiger charge is 2.29. The number of aliphatic hydroxyl groups excluding tert-OH is 1. The SMILES string of the molecule is CC(C)(C)c1cc2c(c(N3CCC[C@H]3CO)c1)COCC2. The highest BCUT2D eigenvalue weighted by Crippen LogP contribution is 2.37. The van der Waals surface area contributed by atoms with Gasteiger partial charge in [-0.25, -0.2) is 0 Å². The molecule has 1 aromatic rings. The third-order valence-electron chi connectivity index (χ3n) is 4.84. The maximum atomic E-state index is 9.66. The van der Waals surface area contributed by atoms with Crippen LogP contribution in [-0.2, 0) is 23.2 Å². The number of ether oxygens (including phenoxy) is 1. The zero-order chi connectivity index (χ0) is 15.0. The molecule has 0 amide bonds. The Balaban J connectivity index is 2.08. The Morgan fingerprint density at radius 1 is 1.33 bits per heavy atom. The van der Waals surface area contributed by atoms with E-state index in [9.17, 15) is 5.11 Å². The van der Waals surface area contributed by atoms with Gasteiger partial charge in [0.15, 0.2) is 0 Å². The van der Waals surface area contributed by atoms with Crippen molar-refractivity contribution >= 4 is 5.69 Å². The third kappa shape index (κ3) is 2.82. The second kappa shape index (κ2) is 5.62. The van der Waals surface area contributed by atoms with E-state index in [0.29, 0.717) is 6.61 Å². The van der Waals surface area contributed by atoms with Crippen molar-refractivity contribution in [2.45, 2.75) is 58.1 Å². The van der Waals surface area contributed by atoms with Gasteiger partial charge >= 0.3 is 0 Å². The molecular weight excluding hydrogens is 262 g/mol. The van der Waals surface area contributed by atoms with Crippen LogP contribution in [0.4, 0.5) is 5.69 Å². The molecule has 1 fully saturated rings. The maximum Gasteiger partial charge on any atom is 0.0739 e. The van der Waals surface area contributed by atoms with Crippen molar-refractivity contribution in [3.05, 3.63) is 28.8 Å². The Morgan fingerprint density at radius 2 is 2.14 bits per heavy atom. The molecule has 0 aromatic heterocycles. The van der Waals surface area contributed by atoms with E-state index >= 15 is 0 Å². The Hall–Kier alpha value is -1.06. The van der Waals surface area contributed by atoms with Gasteiger partial charge in [-0.1, -0.05) is 26.8 Å². The van der Waals surface area contributed by atoms with E-state index in [-0.39, 0.29) is 18.1 Å². The van der Waals surface area contributed by atoms with E-state index in [1.54, 1.807) is 0 Å². The molecule has 1 aromatic carbocycles. The van der Waals surface area contributed by atoms with E-state index < -0.39 is 0 Å². The van der Waals surface area contributed by atoms with Crippen LogP contribution in [0.5, 0.6) is 0 Å². The standard InChI is InChI=1S/C18H27NO2/c1-18(2,3)14-9-13-6-8-21-12-16(13)17(10-14)19-7-4-5-15(19)11-20/h9-10,15,20H,4-8,11-12H2,1-3H3/t15-/m0/s1. The summed E-state index contributed by atoms with van der Waals surface area (Å²) in [6.07, 6.45) is 3.26. The number of rotatable bonds is 2. The molecular formula is C18H27NO2. The molecule has 116 valence electrons. The molecule has 2 aliphatic heterocycles. The molecule has 3 rings (SSSR count). The quantitative estimate of drug-likeness (QED) is 0.908. The molecule has 2 aliphatic rings. The van der Waals surface area contributed by atoms with Gasteiger partial charge in [-0.3, -0.25) is 0 Å². The molecule has 0 unspecified atom stereocenters. The van der Waals surface area contributed by atoms with E-state index in [4.69, 9.17) is 4.74 Å². The van der Waals surface area contributed by atoms with E-state index in [1.165, 1.54) is 28.8 Å². The van der Waals surface area contributed by atoms with Crippen molar-refractivity contribution in [3.8, 4) is 0 Å². The third-order valence-corrected chi connectivity index (χ3v) is 4.84. The van der Waals surface area contributed by atoms with Crippen molar-refractivity contribution in [3.63, 3.8) is 0 Å². The average Bonchev–Trinajstić information content (AvgIpc) is 2.93. The minimum atomic E-state index is 0.149. The largest absolute Gasteiger partial charge is 0.394 e. The topological polar surface area (TPSA) is 32.7 Å². The number of aliphatic hydroxyl groups is 1. The summed E-state index contributed by atoms with van der Waals surface area (Å²) in [5, 5.41) is 9.66. The van der Waals surface area contributed by atoms with Gasteiger partial charge in [-0.05, 0) is 41.9 Å². The Morgan fingerprint density at radius 3 is 2.86 bits per heavy atom. The van der Waals surface area contributed by atoms with Crippen LogP contribution in [-0.4, -0.2) is 30.9 Å². The molecule has 1 atom stereocenters. The van der Waals surface area contributed by atoms with Gasteiger partial charge < -0.3 is 14.7 Å².